The lowest BCUT2D eigenvalue weighted by atomic mass is 10.1. The van der Waals surface area contributed by atoms with Gasteiger partial charge in [-0.15, -0.1) is 0 Å². The van der Waals surface area contributed by atoms with Gasteiger partial charge in [0, 0.05) is 17.8 Å². The maximum atomic E-state index is 13.1. The zero-order valence-electron chi connectivity index (χ0n) is 14.3. The first-order valence-corrected chi connectivity index (χ1v) is 9.78. The van der Waals surface area contributed by atoms with Crippen molar-refractivity contribution in [2.75, 3.05) is 15.8 Å². The second-order valence-corrected chi connectivity index (χ2v) is 7.64. The van der Waals surface area contributed by atoms with Crippen LogP contribution in [-0.4, -0.2) is 20.1 Å². The molecule has 0 aliphatic rings. The summed E-state index contributed by atoms with van der Waals surface area (Å²) in [7, 11) is -3.36. The summed E-state index contributed by atoms with van der Waals surface area (Å²) < 4.78 is 51.8. The molecule has 0 radical (unpaired) electrons. The van der Waals surface area contributed by atoms with E-state index in [2.05, 4.69) is 10.0 Å². The van der Waals surface area contributed by atoms with Crippen LogP contribution in [0.15, 0.2) is 42.5 Å². The Balaban J connectivity index is 1.88. The molecular weight excluding hydrogens is 362 g/mol. The Morgan fingerprint density at radius 1 is 1.00 bits per heavy atom. The van der Waals surface area contributed by atoms with Crippen molar-refractivity contribution in [2.24, 2.45) is 0 Å². The fraction of sp³-hybridized carbons (Fsp3) is 0.278. The molecule has 0 heterocycles. The van der Waals surface area contributed by atoms with E-state index in [4.69, 9.17) is 0 Å². The molecule has 0 saturated carbocycles. The van der Waals surface area contributed by atoms with Gasteiger partial charge in [0.15, 0.2) is 11.6 Å². The van der Waals surface area contributed by atoms with Gasteiger partial charge in [-0.05, 0) is 54.8 Å². The number of sulfonamides is 1. The summed E-state index contributed by atoms with van der Waals surface area (Å²) in [6.45, 7) is 1.78. The van der Waals surface area contributed by atoms with Crippen LogP contribution in [-0.2, 0) is 21.2 Å². The molecule has 0 aliphatic carbocycles. The summed E-state index contributed by atoms with van der Waals surface area (Å²) in [6.07, 6.45) is 0.898. The molecular formula is C18H20F2N2O3S. The minimum absolute atomic E-state index is 0.0372. The fourth-order valence-corrected chi connectivity index (χ4v) is 3.43. The Hall–Kier alpha value is -2.48. The lowest BCUT2D eigenvalue weighted by Crippen LogP contribution is -2.16. The molecule has 0 saturated heterocycles. The predicted octanol–water partition coefficient (Wildman–Crippen LogP) is 3.69. The molecule has 0 bridgehead atoms. The van der Waals surface area contributed by atoms with E-state index in [1.807, 2.05) is 0 Å². The van der Waals surface area contributed by atoms with Crippen LogP contribution >= 0.6 is 0 Å². The van der Waals surface area contributed by atoms with Crippen molar-refractivity contribution in [1.29, 1.82) is 0 Å². The summed E-state index contributed by atoms with van der Waals surface area (Å²) in [6, 6.07) is 9.80. The number of nitrogens with one attached hydrogen (secondary N) is 2. The van der Waals surface area contributed by atoms with Crippen molar-refractivity contribution in [3.63, 3.8) is 0 Å². The Morgan fingerprint density at radius 3 is 2.27 bits per heavy atom. The maximum Gasteiger partial charge on any atom is 0.232 e. The number of aryl methyl sites for hydroxylation is 1. The highest BCUT2D eigenvalue weighted by molar-refractivity contribution is 7.92. The second kappa shape index (κ2) is 8.75. The van der Waals surface area contributed by atoms with E-state index < -0.39 is 21.7 Å². The van der Waals surface area contributed by atoms with E-state index in [-0.39, 0.29) is 24.5 Å². The van der Waals surface area contributed by atoms with Crippen LogP contribution in [0.25, 0.3) is 0 Å². The van der Waals surface area contributed by atoms with Gasteiger partial charge in [0.2, 0.25) is 15.9 Å². The van der Waals surface area contributed by atoms with Gasteiger partial charge in [0.1, 0.15) is 0 Å². The number of carbonyl (C=O) groups excluding carboxylic acids is 1. The van der Waals surface area contributed by atoms with Crippen LogP contribution in [0.3, 0.4) is 0 Å². The first-order chi connectivity index (χ1) is 12.3. The third-order valence-corrected chi connectivity index (χ3v) is 5.03. The molecule has 2 aromatic carbocycles. The zero-order chi connectivity index (χ0) is 19.2. The molecule has 0 fully saturated rings. The largest absolute Gasteiger partial charge is 0.326 e. The fourth-order valence-electron chi connectivity index (χ4n) is 2.30. The van der Waals surface area contributed by atoms with Crippen LogP contribution in [0.2, 0.25) is 0 Å². The number of rotatable bonds is 8. The van der Waals surface area contributed by atoms with Crippen molar-refractivity contribution in [3.8, 4) is 0 Å². The van der Waals surface area contributed by atoms with E-state index in [0.29, 0.717) is 23.4 Å². The zero-order valence-corrected chi connectivity index (χ0v) is 15.1. The Bertz CT molecular complexity index is 869. The third kappa shape index (κ3) is 6.11. The topological polar surface area (TPSA) is 75.3 Å². The monoisotopic (exact) mass is 382 g/mol. The summed E-state index contributed by atoms with van der Waals surface area (Å²) in [4.78, 5) is 11.9. The summed E-state index contributed by atoms with van der Waals surface area (Å²) in [5.74, 6) is -2.11. The van der Waals surface area contributed by atoms with Crippen LogP contribution in [0.4, 0.5) is 20.2 Å². The van der Waals surface area contributed by atoms with Crippen molar-refractivity contribution in [2.45, 2.75) is 26.2 Å². The molecule has 2 aromatic rings. The van der Waals surface area contributed by atoms with E-state index in [9.17, 15) is 22.0 Å². The van der Waals surface area contributed by atoms with Crippen LogP contribution in [0.5, 0.6) is 0 Å². The van der Waals surface area contributed by atoms with Gasteiger partial charge in [-0.2, -0.15) is 0 Å². The van der Waals surface area contributed by atoms with E-state index in [0.717, 1.165) is 12.1 Å². The van der Waals surface area contributed by atoms with Crippen molar-refractivity contribution in [1.82, 2.24) is 0 Å². The number of hydrogen-bond donors (Lipinski definition) is 2. The van der Waals surface area contributed by atoms with Crippen LogP contribution in [0.1, 0.15) is 25.3 Å². The smallest absolute Gasteiger partial charge is 0.232 e. The van der Waals surface area contributed by atoms with Crippen LogP contribution < -0.4 is 10.0 Å². The van der Waals surface area contributed by atoms with Gasteiger partial charge in [-0.1, -0.05) is 13.0 Å². The Labute approximate surface area is 151 Å². The Kier molecular flexibility index (Phi) is 6.68. The lowest BCUT2D eigenvalue weighted by molar-refractivity contribution is -0.116. The first kappa shape index (κ1) is 19.8. The molecule has 0 aromatic heterocycles. The summed E-state index contributed by atoms with van der Waals surface area (Å²) in [5.41, 5.74) is 1.46. The van der Waals surface area contributed by atoms with Gasteiger partial charge < -0.3 is 5.32 Å². The minimum Gasteiger partial charge on any atom is -0.326 e. The van der Waals surface area contributed by atoms with Crippen molar-refractivity contribution in [3.05, 3.63) is 59.7 Å². The number of anilines is 2. The SMILES string of the molecule is CCCS(=O)(=O)Nc1ccc(NC(=O)CCc2ccc(F)c(F)c2)cc1. The molecule has 8 heteroatoms. The number of halogens is 2. The highest BCUT2D eigenvalue weighted by Gasteiger charge is 2.09. The molecule has 0 spiro atoms. The molecule has 2 N–H and O–H groups in total. The highest BCUT2D eigenvalue weighted by atomic mass is 32.2. The maximum absolute atomic E-state index is 13.1. The number of hydrogen-bond acceptors (Lipinski definition) is 3. The van der Waals surface area contributed by atoms with E-state index in [1.54, 1.807) is 31.2 Å². The summed E-state index contributed by atoms with van der Waals surface area (Å²) >= 11 is 0. The number of carbonyl (C=O) groups is 1. The van der Waals surface area contributed by atoms with Gasteiger partial charge in [0.25, 0.3) is 0 Å². The molecule has 1 amide bonds. The standard InChI is InChI=1S/C18H20F2N2O3S/c1-2-11-26(24,25)22-15-7-5-14(6-8-15)21-18(23)10-4-13-3-9-16(19)17(20)12-13/h3,5-9,12,22H,2,4,10-11H2,1H3,(H,21,23). The van der Waals surface area contributed by atoms with Crippen molar-refractivity contribution < 1.29 is 22.0 Å². The first-order valence-electron chi connectivity index (χ1n) is 8.13. The van der Waals surface area contributed by atoms with Crippen LogP contribution in [0, 0.1) is 11.6 Å². The molecule has 0 aliphatic heterocycles. The normalized spacial score (nSPS) is 11.2. The van der Waals surface area contributed by atoms with E-state index >= 15 is 0 Å². The average molecular weight is 382 g/mol. The molecule has 0 unspecified atom stereocenters. The molecule has 2 rings (SSSR count). The van der Waals surface area contributed by atoms with Gasteiger partial charge in [-0.25, -0.2) is 17.2 Å². The predicted molar refractivity (Wildman–Crippen MR) is 97.5 cm³/mol. The third-order valence-electron chi connectivity index (χ3n) is 3.54. The van der Waals surface area contributed by atoms with E-state index in [1.165, 1.54) is 6.07 Å². The highest BCUT2D eigenvalue weighted by Crippen LogP contribution is 2.16. The number of benzene rings is 2. The van der Waals surface area contributed by atoms with Gasteiger partial charge >= 0.3 is 0 Å². The molecule has 26 heavy (non-hydrogen) atoms. The molecule has 140 valence electrons. The summed E-state index contributed by atoms with van der Waals surface area (Å²) in [5, 5.41) is 2.67. The van der Waals surface area contributed by atoms with Gasteiger partial charge in [0.05, 0.1) is 5.75 Å². The second-order valence-electron chi connectivity index (χ2n) is 5.79. The van der Waals surface area contributed by atoms with Crippen molar-refractivity contribution >= 4 is 27.3 Å². The Morgan fingerprint density at radius 2 is 1.65 bits per heavy atom. The average Bonchev–Trinajstić information content (AvgIpc) is 2.57. The minimum atomic E-state index is -3.36. The molecule has 0 atom stereocenters. The van der Waals surface area contributed by atoms with Gasteiger partial charge in [-0.3, -0.25) is 9.52 Å². The quantitative estimate of drug-likeness (QED) is 0.731. The lowest BCUT2D eigenvalue weighted by Gasteiger charge is -2.09. The number of amides is 1. The molecule has 5 nitrogen and oxygen atoms in total.